The number of ether oxygens (including phenoxy) is 2. The van der Waals surface area contributed by atoms with Crippen LogP contribution in [0.2, 0.25) is 0 Å². The molecule has 0 fully saturated rings. The van der Waals surface area contributed by atoms with E-state index in [1.807, 2.05) is 5.32 Å². The topological polar surface area (TPSA) is 135 Å². The molecule has 1 aliphatic heterocycles. The number of sulfonamides is 1. The van der Waals surface area contributed by atoms with E-state index in [2.05, 4.69) is 31.0 Å². The van der Waals surface area contributed by atoms with E-state index >= 15 is 0 Å². The number of carbonyl (C=O) groups excluding carboxylic acids is 2. The molecule has 3 N–H and O–H groups in total. The Morgan fingerprint density at radius 2 is 1.97 bits per heavy atom. The summed E-state index contributed by atoms with van der Waals surface area (Å²) < 4.78 is 63.8. The Bertz CT molecular complexity index is 996. The number of benzene rings is 1. The van der Waals surface area contributed by atoms with Gasteiger partial charge in [0.05, 0.1) is 18.4 Å². The van der Waals surface area contributed by atoms with Gasteiger partial charge in [0.25, 0.3) is 10.0 Å². The lowest BCUT2D eigenvalue weighted by Crippen LogP contribution is -2.50. The fourth-order valence-corrected chi connectivity index (χ4v) is 3.61. The maximum absolute atomic E-state index is 14.0. The lowest BCUT2D eigenvalue weighted by molar-refractivity contribution is -0.0104. The Morgan fingerprint density at radius 1 is 1.31 bits per heavy atom. The number of esters is 1. The SMILES string of the molecule is COC(=O)c1ccccc1S(=O)(=O)NC(=O)NC1=NC(F)(F)C(OCBr)=C(C)N1. The Hall–Kier alpha value is -2.74. The highest BCUT2D eigenvalue weighted by Gasteiger charge is 2.42. The molecule has 2 rings (SSSR count). The van der Waals surface area contributed by atoms with Crippen LogP contribution in [-0.4, -0.2) is 45.1 Å². The van der Waals surface area contributed by atoms with Crippen LogP contribution in [-0.2, 0) is 19.5 Å². The zero-order valence-electron chi connectivity index (χ0n) is 15.0. The molecule has 29 heavy (non-hydrogen) atoms. The zero-order chi connectivity index (χ0) is 21.8. The van der Waals surface area contributed by atoms with Crippen molar-refractivity contribution in [3.8, 4) is 0 Å². The number of nitrogens with one attached hydrogen (secondary N) is 3. The third-order valence-corrected chi connectivity index (χ3v) is 5.03. The van der Waals surface area contributed by atoms with Crippen molar-refractivity contribution in [2.45, 2.75) is 17.9 Å². The minimum Gasteiger partial charge on any atom is -0.477 e. The highest BCUT2D eigenvalue weighted by Crippen LogP contribution is 2.31. The van der Waals surface area contributed by atoms with E-state index in [0.29, 0.717) is 0 Å². The van der Waals surface area contributed by atoms with E-state index in [1.165, 1.54) is 25.1 Å². The lowest BCUT2D eigenvalue weighted by atomic mass is 10.2. The molecule has 1 heterocycles. The maximum atomic E-state index is 14.0. The largest absolute Gasteiger partial charge is 0.477 e. The van der Waals surface area contributed by atoms with Gasteiger partial charge in [-0.25, -0.2) is 22.7 Å². The molecule has 10 nitrogen and oxygen atoms in total. The van der Waals surface area contributed by atoms with Gasteiger partial charge in [0, 0.05) is 0 Å². The van der Waals surface area contributed by atoms with Crippen molar-refractivity contribution in [2.24, 2.45) is 4.99 Å². The van der Waals surface area contributed by atoms with Crippen LogP contribution >= 0.6 is 15.9 Å². The Kier molecular flexibility index (Phi) is 6.79. The van der Waals surface area contributed by atoms with Gasteiger partial charge in [-0.3, -0.25) is 5.32 Å². The predicted octanol–water partition coefficient (Wildman–Crippen LogP) is 1.61. The second-order valence-corrected chi connectivity index (χ2v) is 7.49. The van der Waals surface area contributed by atoms with Gasteiger partial charge in [-0.15, -0.1) is 0 Å². The smallest absolute Gasteiger partial charge is 0.405 e. The number of nitrogens with zero attached hydrogens (tertiary/aromatic N) is 1. The van der Waals surface area contributed by atoms with Crippen LogP contribution in [0.4, 0.5) is 13.6 Å². The molecule has 1 aromatic carbocycles. The van der Waals surface area contributed by atoms with Gasteiger partial charge in [-0.05, 0) is 35.0 Å². The third-order valence-electron chi connectivity index (χ3n) is 3.41. The van der Waals surface area contributed by atoms with Crippen LogP contribution in [0.25, 0.3) is 0 Å². The number of hydrogen-bond acceptors (Lipinski definition) is 8. The highest BCUT2D eigenvalue weighted by molar-refractivity contribution is 9.09. The monoisotopic (exact) mass is 496 g/mol. The van der Waals surface area contributed by atoms with Crippen molar-refractivity contribution < 1.29 is 36.3 Å². The molecular weight excluding hydrogens is 482 g/mol. The standard InChI is InChI=1S/C15H15BrF2N4O6S/c1-8-11(28-7-16)15(17,18)21-13(19-8)20-14(24)22-29(25,26)10-6-4-3-5-9(10)12(23)27-2/h3-6H,7H2,1-2H3,(H3,19,20,21,22,24). The number of carbonyl (C=O) groups is 2. The van der Waals surface area contributed by atoms with Crippen LogP contribution in [0.1, 0.15) is 17.3 Å². The summed E-state index contributed by atoms with van der Waals surface area (Å²) in [6.45, 7) is 1.25. The van der Waals surface area contributed by atoms with Crippen molar-refractivity contribution in [1.82, 2.24) is 15.4 Å². The molecule has 1 aromatic rings. The first kappa shape index (κ1) is 22.5. The van der Waals surface area contributed by atoms with E-state index in [0.717, 1.165) is 13.2 Å². The Morgan fingerprint density at radius 3 is 2.55 bits per heavy atom. The van der Waals surface area contributed by atoms with Crippen molar-refractivity contribution in [3.63, 3.8) is 0 Å². The second-order valence-electron chi connectivity index (χ2n) is 5.38. The van der Waals surface area contributed by atoms with Gasteiger partial charge in [-0.2, -0.15) is 13.8 Å². The maximum Gasteiger partial charge on any atom is 0.405 e. The van der Waals surface area contributed by atoms with Crippen LogP contribution in [0.15, 0.2) is 45.6 Å². The summed E-state index contributed by atoms with van der Waals surface area (Å²) in [6, 6.07) is -0.192. The van der Waals surface area contributed by atoms with Gasteiger partial charge in [0.1, 0.15) is 10.4 Å². The van der Waals surface area contributed by atoms with Crippen LogP contribution in [0, 0.1) is 0 Å². The molecule has 0 radical (unpaired) electrons. The summed E-state index contributed by atoms with van der Waals surface area (Å²) in [5.74, 6) is -2.41. The summed E-state index contributed by atoms with van der Waals surface area (Å²) in [4.78, 5) is 26.2. The molecule has 0 saturated heterocycles. The van der Waals surface area contributed by atoms with Crippen LogP contribution in [0.5, 0.6) is 0 Å². The van der Waals surface area contributed by atoms with E-state index in [1.54, 1.807) is 4.72 Å². The molecule has 158 valence electrons. The molecule has 0 saturated carbocycles. The van der Waals surface area contributed by atoms with Crippen LogP contribution in [0.3, 0.4) is 0 Å². The molecule has 0 bridgehead atoms. The highest BCUT2D eigenvalue weighted by atomic mass is 79.9. The van der Waals surface area contributed by atoms with Crippen LogP contribution < -0.4 is 15.4 Å². The quantitative estimate of drug-likeness (QED) is 0.320. The molecule has 0 spiro atoms. The fourth-order valence-electron chi connectivity index (χ4n) is 2.28. The lowest BCUT2D eigenvalue weighted by Gasteiger charge is -2.25. The zero-order valence-corrected chi connectivity index (χ0v) is 17.4. The number of guanidine groups is 1. The number of urea groups is 1. The van der Waals surface area contributed by atoms with E-state index in [4.69, 9.17) is 4.74 Å². The van der Waals surface area contributed by atoms with Gasteiger partial charge in [0.2, 0.25) is 11.7 Å². The molecule has 14 heteroatoms. The van der Waals surface area contributed by atoms with Crippen molar-refractivity contribution in [3.05, 3.63) is 41.3 Å². The summed E-state index contributed by atoms with van der Waals surface area (Å²) in [6.07, 6.45) is 0. The summed E-state index contributed by atoms with van der Waals surface area (Å²) in [5, 5.41) is 4.23. The molecule has 2 amide bonds. The molecule has 0 unspecified atom stereocenters. The number of methoxy groups -OCH3 is 1. The van der Waals surface area contributed by atoms with E-state index < -0.39 is 44.7 Å². The normalized spacial score (nSPS) is 15.7. The molecule has 1 aliphatic rings. The third kappa shape index (κ3) is 5.20. The molecule has 0 aliphatic carbocycles. The number of allylic oxidation sites excluding steroid dienone is 1. The second kappa shape index (κ2) is 8.73. The van der Waals surface area contributed by atoms with Gasteiger partial charge >= 0.3 is 18.0 Å². The summed E-state index contributed by atoms with van der Waals surface area (Å²) in [7, 11) is -3.48. The number of amides is 2. The average Bonchev–Trinajstić information content (AvgIpc) is 2.63. The minimum atomic E-state index is -4.53. The fraction of sp³-hybridized carbons (Fsp3) is 0.267. The number of aliphatic imine (C=N–C) groups is 1. The summed E-state index contributed by atoms with van der Waals surface area (Å²) >= 11 is 2.85. The first-order chi connectivity index (χ1) is 13.5. The van der Waals surface area contributed by atoms with Crippen molar-refractivity contribution in [2.75, 3.05) is 12.6 Å². The first-order valence-electron chi connectivity index (χ1n) is 7.67. The summed E-state index contributed by atoms with van der Waals surface area (Å²) in [5.41, 5.74) is -0.669. The molecular formula is C15H15BrF2N4O6S. The average molecular weight is 497 g/mol. The van der Waals surface area contributed by atoms with Gasteiger partial charge in [-0.1, -0.05) is 12.1 Å². The first-order valence-corrected chi connectivity index (χ1v) is 10.3. The minimum absolute atomic E-state index is 0.140. The van der Waals surface area contributed by atoms with Crippen molar-refractivity contribution >= 4 is 43.9 Å². The van der Waals surface area contributed by atoms with E-state index in [-0.39, 0.29) is 16.8 Å². The number of rotatable bonds is 5. The predicted molar refractivity (Wildman–Crippen MR) is 99.7 cm³/mol. The molecule has 0 aromatic heterocycles. The Balaban J connectivity index is 2.19. The van der Waals surface area contributed by atoms with Gasteiger partial charge < -0.3 is 14.8 Å². The number of hydrogen-bond donors (Lipinski definition) is 3. The number of alkyl halides is 3. The van der Waals surface area contributed by atoms with E-state index in [9.17, 15) is 26.8 Å². The van der Waals surface area contributed by atoms with Gasteiger partial charge in [0.15, 0.2) is 0 Å². The number of halogens is 3. The Labute approximate surface area is 172 Å². The molecule has 0 atom stereocenters. The van der Waals surface area contributed by atoms with Crippen molar-refractivity contribution in [1.29, 1.82) is 0 Å².